The van der Waals surface area contributed by atoms with Gasteiger partial charge in [0, 0.05) is 19.6 Å². The molecule has 1 amide bonds. The second kappa shape index (κ2) is 7.31. The molecule has 2 aromatic carbocycles. The second-order valence-electron chi connectivity index (χ2n) is 8.66. The van der Waals surface area contributed by atoms with Crippen molar-refractivity contribution in [1.82, 2.24) is 14.0 Å². The Balaban J connectivity index is 1.39. The first kappa shape index (κ1) is 19.9. The van der Waals surface area contributed by atoms with Crippen molar-refractivity contribution in [2.24, 2.45) is 13.0 Å². The first-order valence-corrected chi connectivity index (χ1v) is 10.9. The fraction of sp³-hybridized carbons (Fsp3) is 0.333. The Morgan fingerprint density at radius 2 is 1.84 bits per heavy atom. The first-order chi connectivity index (χ1) is 14.8. The van der Waals surface area contributed by atoms with Crippen molar-refractivity contribution >= 4 is 17.5 Å². The highest BCUT2D eigenvalue weighted by Gasteiger charge is 2.39. The Labute approximate surface area is 185 Å². The van der Waals surface area contributed by atoms with E-state index in [-0.39, 0.29) is 23.5 Å². The minimum atomic E-state index is -0.262. The van der Waals surface area contributed by atoms with E-state index in [4.69, 9.17) is 11.6 Å². The minimum Gasteiger partial charge on any atom is -0.493 e. The summed E-state index contributed by atoms with van der Waals surface area (Å²) < 4.78 is 2.67. The summed E-state index contributed by atoms with van der Waals surface area (Å²) in [5.74, 6) is 0.593. The Hall–Kier alpha value is -2.99. The Bertz CT molecular complexity index is 1240. The molecule has 2 aliphatic rings. The molecular weight excluding hydrogens is 414 g/mol. The first-order valence-electron chi connectivity index (χ1n) is 10.5. The molecule has 0 saturated heterocycles. The maximum atomic E-state index is 12.9. The monoisotopic (exact) mass is 437 g/mol. The van der Waals surface area contributed by atoms with Crippen LogP contribution in [0.4, 0.5) is 0 Å². The van der Waals surface area contributed by atoms with Crippen LogP contribution < -0.4 is 5.69 Å². The van der Waals surface area contributed by atoms with Gasteiger partial charge in [-0.25, -0.2) is 4.79 Å². The molecule has 1 unspecified atom stereocenters. The van der Waals surface area contributed by atoms with Gasteiger partial charge in [-0.15, -0.1) is 0 Å². The van der Waals surface area contributed by atoms with E-state index in [9.17, 15) is 14.7 Å². The highest BCUT2D eigenvalue weighted by atomic mass is 35.5. The van der Waals surface area contributed by atoms with Crippen molar-refractivity contribution < 1.29 is 9.90 Å². The van der Waals surface area contributed by atoms with Crippen molar-refractivity contribution in [3.8, 4) is 17.0 Å². The topological polar surface area (TPSA) is 67.5 Å². The lowest BCUT2D eigenvalue weighted by molar-refractivity contribution is 0.0697. The molecule has 1 N–H and O–H groups in total. The number of halogens is 1. The number of rotatable bonds is 5. The summed E-state index contributed by atoms with van der Waals surface area (Å²) in [6.45, 7) is 3.12. The zero-order chi connectivity index (χ0) is 21.9. The normalized spacial score (nSPS) is 16.6. The van der Waals surface area contributed by atoms with Crippen LogP contribution in [0.2, 0.25) is 5.02 Å². The summed E-state index contributed by atoms with van der Waals surface area (Å²) in [6, 6.07) is 12.1. The van der Waals surface area contributed by atoms with Crippen LogP contribution in [0.5, 0.6) is 5.88 Å². The number of fused-ring (bicyclic) bond motifs is 1. The predicted molar refractivity (Wildman–Crippen MR) is 119 cm³/mol. The van der Waals surface area contributed by atoms with Gasteiger partial charge < -0.3 is 10.0 Å². The molecule has 31 heavy (non-hydrogen) atoms. The van der Waals surface area contributed by atoms with Crippen LogP contribution in [-0.2, 0) is 20.1 Å². The predicted octanol–water partition coefficient (Wildman–Crippen LogP) is 4.02. The lowest BCUT2D eigenvalue weighted by atomic mass is 9.99. The molecule has 160 valence electrons. The van der Waals surface area contributed by atoms with E-state index < -0.39 is 0 Å². The second-order valence-corrected chi connectivity index (χ2v) is 9.06. The molecule has 1 aliphatic carbocycles. The SMILES string of the molecule is CC(C1CC1)N1Cc2cc(-c3ccc(Cn4cc(O)n(C)c4=O)cc3)cc(Cl)c2C1=O. The third-order valence-electron chi connectivity index (χ3n) is 6.57. The molecule has 1 aliphatic heterocycles. The molecule has 3 aromatic rings. The minimum absolute atomic E-state index is 0.0397. The number of hydrogen-bond acceptors (Lipinski definition) is 3. The van der Waals surface area contributed by atoms with Gasteiger partial charge in [0.25, 0.3) is 5.91 Å². The number of amides is 1. The quantitative estimate of drug-likeness (QED) is 0.655. The van der Waals surface area contributed by atoms with Gasteiger partial charge >= 0.3 is 5.69 Å². The third kappa shape index (κ3) is 3.45. The van der Waals surface area contributed by atoms with Gasteiger partial charge in [0.05, 0.1) is 23.3 Å². The van der Waals surface area contributed by atoms with Gasteiger partial charge in [-0.3, -0.25) is 13.9 Å². The summed E-state index contributed by atoms with van der Waals surface area (Å²) in [6.07, 6.45) is 3.82. The summed E-state index contributed by atoms with van der Waals surface area (Å²) in [7, 11) is 1.53. The molecule has 7 heteroatoms. The van der Waals surface area contributed by atoms with E-state index in [1.807, 2.05) is 35.2 Å². The molecular formula is C24H24ClN3O3. The Morgan fingerprint density at radius 3 is 2.45 bits per heavy atom. The molecule has 1 aromatic heterocycles. The fourth-order valence-electron chi connectivity index (χ4n) is 4.44. The van der Waals surface area contributed by atoms with Gasteiger partial charge in [0.15, 0.2) is 0 Å². The summed E-state index contributed by atoms with van der Waals surface area (Å²) in [5.41, 5.74) is 4.27. The lowest BCUT2D eigenvalue weighted by Gasteiger charge is -2.23. The molecule has 0 spiro atoms. The number of aromatic nitrogens is 2. The number of carbonyl (C=O) groups is 1. The van der Waals surface area contributed by atoms with Crippen LogP contribution in [0.25, 0.3) is 11.1 Å². The van der Waals surface area contributed by atoms with Crippen LogP contribution in [0.3, 0.4) is 0 Å². The molecule has 2 heterocycles. The molecule has 0 bridgehead atoms. The Morgan fingerprint density at radius 1 is 1.13 bits per heavy atom. The van der Waals surface area contributed by atoms with E-state index in [1.54, 1.807) is 0 Å². The average molecular weight is 438 g/mol. The van der Waals surface area contributed by atoms with E-state index in [0.717, 1.165) is 22.3 Å². The van der Waals surface area contributed by atoms with E-state index >= 15 is 0 Å². The number of nitrogens with zero attached hydrogens (tertiary/aromatic N) is 3. The summed E-state index contributed by atoms with van der Waals surface area (Å²) >= 11 is 6.55. The number of hydrogen-bond donors (Lipinski definition) is 1. The third-order valence-corrected chi connectivity index (χ3v) is 6.87. The smallest absolute Gasteiger partial charge is 0.331 e. The van der Waals surface area contributed by atoms with Crippen LogP contribution in [0.1, 0.15) is 41.3 Å². The van der Waals surface area contributed by atoms with Gasteiger partial charge in [0.2, 0.25) is 5.88 Å². The number of benzene rings is 2. The number of carbonyl (C=O) groups excluding carboxylic acids is 1. The van der Waals surface area contributed by atoms with Crippen molar-refractivity contribution in [2.75, 3.05) is 0 Å². The van der Waals surface area contributed by atoms with Crippen LogP contribution in [0.15, 0.2) is 47.4 Å². The molecule has 0 radical (unpaired) electrons. The van der Waals surface area contributed by atoms with E-state index in [1.165, 1.54) is 35.2 Å². The zero-order valence-corrected chi connectivity index (χ0v) is 18.3. The zero-order valence-electron chi connectivity index (χ0n) is 17.5. The Kier molecular flexibility index (Phi) is 4.70. The van der Waals surface area contributed by atoms with Gasteiger partial charge in [-0.1, -0.05) is 35.9 Å². The van der Waals surface area contributed by atoms with Crippen LogP contribution in [-0.4, -0.2) is 31.1 Å². The fourth-order valence-corrected chi connectivity index (χ4v) is 4.76. The average Bonchev–Trinajstić information content (AvgIpc) is 3.51. The number of imidazole rings is 1. The molecule has 1 fully saturated rings. The van der Waals surface area contributed by atoms with E-state index in [0.29, 0.717) is 29.6 Å². The van der Waals surface area contributed by atoms with Crippen LogP contribution >= 0.6 is 11.6 Å². The van der Waals surface area contributed by atoms with Crippen molar-refractivity contribution in [3.63, 3.8) is 0 Å². The lowest BCUT2D eigenvalue weighted by Crippen LogP contribution is -2.34. The maximum Gasteiger partial charge on any atom is 0.331 e. The molecule has 5 rings (SSSR count). The highest BCUT2D eigenvalue weighted by molar-refractivity contribution is 6.34. The van der Waals surface area contributed by atoms with Gasteiger partial charge in [0.1, 0.15) is 0 Å². The molecule has 1 atom stereocenters. The van der Waals surface area contributed by atoms with Crippen molar-refractivity contribution in [1.29, 1.82) is 0 Å². The standard InChI is InChI=1S/C24H24ClN3O3/c1-14(16-7-8-16)28-12-19-9-18(10-20(25)22(19)23(28)30)17-5-3-15(4-6-17)11-27-13-21(29)26(2)24(27)31/h3-6,9-10,13-14,16,29H,7-8,11-12H2,1-2H3. The summed E-state index contributed by atoms with van der Waals surface area (Å²) in [5, 5.41) is 10.2. The number of aromatic hydroxyl groups is 1. The van der Waals surface area contributed by atoms with Gasteiger partial charge in [-0.2, -0.15) is 0 Å². The highest BCUT2D eigenvalue weighted by Crippen LogP contribution is 2.40. The molecule has 1 saturated carbocycles. The van der Waals surface area contributed by atoms with Crippen molar-refractivity contribution in [2.45, 2.75) is 38.9 Å². The summed E-state index contributed by atoms with van der Waals surface area (Å²) in [4.78, 5) is 27.0. The molecule has 6 nitrogen and oxygen atoms in total. The van der Waals surface area contributed by atoms with Crippen molar-refractivity contribution in [3.05, 3.63) is 74.8 Å². The maximum absolute atomic E-state index is 12.9. The largest absolute Gasteiger partial charge is 0.493 e. The van der Waals surface area contributed by atoms with Crippen LogP contribution in [0, 0.1) is 5.92 Å². The van der Waals surface area contributed by atoms with Gasteiger partial charge in [-0.05, 0) is 60.1 Å². The van der Waals surface area contributed by atoms with E-state index in [2.05, 4.69) is 13.0 Å².